The molecule has 2 heteroatoms. The molecule has 0 radical (unpaired) electrons. The maximum atomic E-state index is 5.83. The Labute approximate surface area is 116 Å². The van der Waals surface area contributed by atoms with Crippen molar-refractivity contribution < 1.29 is 0 Å². The number of fused-ring (bicyclic) bond motifs is 1. The summed E-state index contributed by atoms with van der Waals surface area (Å²) in [5.41, 5.74) is 2.67. The number of aromatic nitrogens is 1. The Morgan fingerprint density at radius 2 is 1.58 bits per heavy atom. The molecule has 0 bridgehead atoms. The van der Waals surface area contributed by atoms with Gasteiger partial charge < -0.3 is 0 Å². The number of para-hydroxylation sites is 1. The highest BCUT2D eigenvalue weighted by Crippen LogP contribution is 2.12. The Hall–Kier alpha value is -2.30. The molecule has 3 aromatic rings. The third-order valence-corrected chi connectivity index (χ3v) is 3.03. The van der Waals surface area contributed by atoms with E-state index in [2.05, 4.69) is 16.8 Å². The minimum Gasteiger partial charge on any atom is -0.239 e. The number of halogens is 1. The maximum Gasteiger partial charge on any atom is 0.114 e. The molecule has 0 aliphatic heterocycles. The van der Waals surface area contributed by atoms with Crippen molar-refractivity contribution in [2.75, 3.05) is 0 Å². The summed E-state index contributed by atoms with van der Waals surface area (Å²) < 4.78 is 0. The van der Waals surface area contributed by atoms with E-state index in [0.29, 0.717) is 0 Å². The molecule has 1 aromatic heterocycles. The Morgan fingerprint density at radius 1 is 0.789 bits per heavy atom. The highest BCUT2D eigenvalue weighted by atomic mass is 35.5. The third kappa shape index (κ3) is 2.76. The van der Waals surface area contributed by atoms with Crippen LogP contribution in [0.4, 0.5) is 0 Å². The molecule has 0 amide bonds. The number of nitrogens with zero attached hydrogens (tertiary/aromatic N) is 1. The molecule has 0 spiro atoms. The molecule has 3 rings (SSSR count). The van der Waals surface area contributed by atoms with Crippen LogP contribution in [0.3, 0.4) is 0 Å². The van der Waals surface area contributed by atoms with E-state index in [1.807, 2.05) is 60.7 Å². The average molecular weight is 264 g/mol. The summed E-state index contributed by atoms with van der Waals surface area (Å²) in [6.45, 7) is 0. The third-order valence-electron chi connectivity index (χ3n) is 2.78. The van der Waals surface area contributed by atoms with E-state index in [1.165, 1.54) is 0 Å². The minimum absolute atomic E-state index is 0.717. The molecule has 0 saturated carbocycles. The Balaban J connectivity index is 1.95. The zero-order chi connectivity index (χ0) is 13.1. The number of hydrogen-bond acceptors (Lipinski definition) is 1. The summed E-state index contributed by atoms with van der Waals surface area (Å²) >= 11 is 5.83. The van der Waals surface area contributed by atoms with Crippen molar-refractivity contribution >= 4 is 22.5 Å². The van der Waals surface area contributed by atoms with Gasteiger partial charge in [-0.2, -0.15) is 0 Å². The van der Waals surface area contributed by atoms with Crippen molar-refractivity contribution in [1.29, 1.82) is 0 Å². The van der Waals surface area contributed by atoms with E-state index in [0.717, 1.165) is 27.2 Å². The van der Waals surface area contributed by atoms with Crippen LogP contribution in [0.15, 0.2) is 60.7 Å². The van der Waals surface area contributed by atoms with Crippen molar-refractivity contribution in [2.45, 2.75) is 0 Å². The Kier molecular flexibility index (Phi) is 3.18. The van der Waals surface area contributed by atoms with Crippen LogP contribution in [0.25, 0.3) is 10.9 Å². The molecule has 19 heavy (non-hydrogen) atoms. The highest BCUT2D eigenvalue weighted by molar-refractivity contribution is 6.30. The van der Waals surface area contributed by atoms with Crippen LogP contribution in [-0.4, -0.2) is 4.98 Å². The zero-order valence-electron chi connectivity index (χ0n) is 10.1. The summed E-state index contributed by atoms with van der Waals surface area (Å²) in [7, 11) is 0. The van der Waals surface area contributed by atoms with Gasteiger partial charge in [0.1, 0.15) is 5.69 Å². The topological polar surface area (TPSA) is 12.9 Å². The first kappa shape index (κ1) is 11.8. The molecular weight excluding hydrogens is 254 g/mol. The van der Waals surface area contributed by atoms with Crippen molar-refractivity contribution in [2.24, 2.45) is 0 Å². The molecule has 0 aliphatic rings. The van der Waals surface area contributed by atoms with E-state index in [1.54, 1.807) is 0 Å². The van der Waals surface area contributed by atoms with Gasteiger partial charge in [0.15, 0.2) is 0 Å². The average Bonchev–Trinajstić information content (AvgIpc) is 2.46. The summed E-state index contributed by atoms with van der Waals surface area (Å²) in [5.74, 6) is 6.15. The van der Waals surface area contributed by atoms with Crippen molar-refractivity contribution in [3.8, 4) is 11.8 Å². The standard InChI is InChI=1S/C17H10ClN/c18-15-9-5-13(6-10-15)7-11-16-12-8-14-3-1-2-4-17(14)19-16/h1-6,8-10,12H. The quantitative estimate of drug-likeness (QED) is 0.552. The summed E-state index contributed by atoms with van der Waals surface area (Å²) in [4.78, 5) is 4.51. The maximum absolute atomic E-state index is 5.83. The van der Waals surface area contributed by atoms with Gasteiger partial charge in [0.05, 0.1) is 5.52 Å². The number of benzene rings is 2. The van der Waals surface area contributed by atoms with Crippen LogP contribution in [0.5, 0.6) is 0 Å². The van der Waals surface area contributed by atoms with Gasteiger partial charge in [0.2, 0.25) is 0 Å². The van der Waals surface area contributed by atoms with Gasteiger partial charge in [-0.25, -0.2) is 4.98 Å². The first-order valence-corrected chi connectivity index (χ1v) is 6.32. The second kappa shape index (κ2) is 5.14. The lowest BCUT2D eigenvalue weighted by molar-refractivity contribution is 1.36. The molecule has 0 fully saturated rings. The van der Waals surface area contributed by atoms with Gasteiger partial charge in [-0.15, -0.1) is 0 Å². The van der Waals surface area contributed by atoms with Crippen LogP contribution in [0.2, 0.25) is 5.02 Å². The number of pyridine rings is 1. The number of rotatable bonds is 0. The fraction of sp³-hybridized carbons (Fsp3) is 0. The zero-order valence-corrected chi connectivity index (χ0v) is 10.9. The largest absolute Gasteiger partial charge is 0.239 e. The molecule has 1 nitrogen and oxygen atoms in total. The van der Waals surface area contributed by atoms with Crippen molar-refractivity contribution in [1.82, 2.24) is 4.98 Å². The smallest absolute Gasteiger partial charge is 0.114 e. The summed E-state index contributed by atoms with van der Waals surface area (Å²) in [6, 6.07) is 19.4. The predicted molar refractivity (Wildman–Crippen MR) is 79.2 cm³/mol. The monoisotopic (exact) mass is 263 g/mol. The molecule has 0 saturated heterocycles. The summed E-state index contributed by atoms with van der Waals surface area (Å²) in [6.07, 6.45) is 0. The lowest BCUT2D eigenvalue weighted by Gasteiger charge is -1.96. The van der Waals surface area contributed by atoms with Gasteiger partial charge in [0, 0.05) is 16.0 Å². The highest BCUT2D eigenvalue weighted by Gasteiger charge is 1.94. The summed E-state index contributed by atoms with van der Waals surface area (Å²) in [5, 5.41) is 1.84. The van der Waals surface area contributed by atoms with E-state index < -0.39 is 0 Å². The first-order chi connectivity index (χ1) is 9.31. The van der Waals surface area contributed by atoms with E-state index in [-0.39, 0.29) is 0 Å². The molecule has 0 N–H and O–H groups in total. The van der Waals surface area contributed by atoms with Crippen LogP contribution in [0.1, 0.15) is 11.3 Å². The molecule has 2 aromatic carbocycles. The molecular formula is C17H10ClN. The lowest BCUT2D eigenvalue weighted by atomic mass is 10.2. The van der Waals surface area contributed by atoms with E-state index >= 15 is 0 Å². The van der Waals surface area contributed by atoms with Crippen LogP contribution in [0, 0.1) is 11.8 Å². The van der Waals surface area contributed by atoms with Gasteiger partial charge in [-0.05, 0) is 42.3 Å². The SMILES string of the molecule is Clc1ccc(C#Cc2ccc3ccccc3n2)cc1. The van der Waals surface area contributed by atoms with E-state index in [9.17, 15) is 0 Å². The molecule has 0 atom stereocenters. The molecule has 1 heterocycles. The lowest BCUT2D eigenvalue weighted by Crippen LogP contribution is -1.84. The van der Waals surface area contributed by atoms with Gasteiger partial charge in [-0.1, -0.05) is 41.8 Å². The van der Waals surface area contributed by atoms with Crippen LogP contribution in [-0.2, 0) is 0 Å². The van der Waals surface area contributed by atoms with Gasteiger partial charge in [0.25, 0.3) is 0 Å². The fourth-order valence-corrected chi connectivity index (χ4v) is 1.93. The normalized spacial score (nSPS) is 9.95. The second-order valence-electron chi connectivity index (χ2n) is 4.15. The molecule has 0 aliphatic carbocycles. The van der Waals surface area contributed by atoms with Crippen LogP contribution >= 0.6 is 11.6 Å². The first-order valence-electron chi connectivity index (χ1n) is 5.95. The Morgan fingerprint density at radius 3 is 2.42 bits per heavy atom. The molecule has 0 unspecified atom stereocenters. The predicted octanol–water partition coefficient (Wildman–Crippen LogP) is 4.29. The van der Waals surface area contributed by atoms with E-state index in [4.69, 9.17) is 11.6 Å². The Bertz CT molecular complexity index is 779. The van der Waals surface area contributed by atoms with Crippen molar-refractivity contribution in [3.63, 3.8) is 0 Å². The van der Waals surface area contributed by atoms with Gasteiger partial charge >= 0.3 is 0 Å². The minimum atomic E-state index is 0.717. The van der Waals surface area contributed by atoms with Gasteiger partial charge in [-0.3, -0.25) is 0 Å². The fourth-order valence-electron chi connectivity index (χ4n) is 1.81. The number of hydrogen-bond donors (Lipinski definition) is 0. The van der Waals surface area contributed by atoms with Crippen molar-refractivity contribution in [3.05, 3.63) is 76.9 Å². The van der Waals surface area contributed by atoms with Crippen LogP contribution < -0.4 is 0 Å². The molecule has 90 valence electrons. The second-order valence-corrected chi connectivity index (χ2v) is 4.58.